The maximum Gasteiger partial charge on any atom is 0.250 e. The molecule has 2 aromatic rings. The minimum absolute atomic E-state index is 0.0397. The number of carbonyl (C=O) groups excluding carboxylic acids is 2. The molecule has 0 spiro atoms. The molecule has 0 aromatic heterocycles. The first kappa shape index (κ1) is 18.0. The second kappa shape index (κ2) is 6.96. The van der Waals surface area contributed by atoms with E-state index in [2.05, 4.69) is 10.3 Å². The van der Waals surface area contributed by atoms with Crippen LogP contribution in [0.15, 0.2) is 65.8 Å². The Labute approximate surface area is 163 Å². The van der Waals surface area contributed by atoms with Crippen molar-refractivity contribution in [1.29, 1.82) is 0 Å². The highest BCUT2D eigenvalue weighted by molar-refractivity contribution is 6.09. The molecule has 142 valence electrons. The molecule has 0 saturated carbocycles. The van der Waals surface area contributed by atoms with Gasteiger partial charge in [-0.2, -0.15) is 4.99 Å². The van der Waals surface area contributed by atoms with Crippen molar-refractivity contribution in [3.8, 4) is 5.75 Å². The molecule has 0 aliphatic carbocycles. The van der Waals surface area contributed by atoms with Gasteiger partial charge in [-0.15, -0.1) is 0 Å². The second-order valence-electron chi connectivity index (χ2n) is 7.12. The summed E-state index contributed by atoms with van der Waals surface area (Å²) in [4.78, 5) is 30.8. The molecule has 2 amide bonds. The van der Waals surface area contributed by atoms with Gasteiger partial charge in [-0.1, -0.05) is 24.3 Å². The number of allylic oxidation sites excluding steroid dienone is 2. The van der Waals surface area contributed by atoms with Crippen LogP contribution in [-0.2, 0) is 16.1 Å². The minimum Gasteiger partial charge on any atom is -0.497 e. The summed E-state index contributed by atoms with van der Waals surface area (Å²) >= 11 is 0. The van der Waals surface area contributed by atoms with Crippen LogP contribution in [0.1, 0.15) is 18.9 Å². The molecular formula is C22H21N3O3. The Morgan fingerprint density at radius 3 is 2.82 bits per heavy atom. The topological polar surface area (TPSA) is 71.0 Å². The molecule has 0 saturated heterocycles. The van der Waals surface area contributed by atoms with Crippen molar-refractivity contribution in [3.63, 3.8) is 0 Å². The van der Waals surface area contributed by atoms with Crippen molar-refractivity contribution in [3.05, 3.63) is 66.4 Å². The van der Waals surface area contributed by atoms with Gasteiger partial charge >= 0.3 is 0 Å². The minimum atomic E-state index is -1.00. The van der Waals surface area contributed by atoms with Crippen LogP contribution in [0.3, 0.4) is 0 Å². The molecule has 1 N–H and O–H groups in total. The fraction of sp³-hybridized carbons (Fsp3) is 0.227. The number of hydrogen-bond acceptors (Lipinski definition) is 4. The van der Waals surface area contributed by atoms with E-state index in [0.29, 0.717) is 12.4 Å². The van der Waals surface area contributed by atoms with Gasteiger partial charge < -0.3 is 15.0 Å². The Balaban J connectivity index is 1.51. The van der Waals surface area contributed by atoms with Gasteiger partial charge in [0.2, 0.25) is 5.91 Å². The van der Waals surface area contributed by atoms with Crippen molar-refractivity contribution in [2.24, 2.45) is 4.99 Å². The number of amidine groups is 1. The van der Waals surface area contributed by atoms with E-state index in [4.69, 9.17) is 4.74 Å². The molecule has 6 nitrogen and oxygen atoms in total. The first-order valence-electron chi connectivity index (χ1n) is 9.10. The van der Waals surface area contributed by atoms with Gasteiger partial charge in [0.05, 0.1) is 13.5 Å². The van der Waals surface area contributed by atoms with Crippen molar-refractivity contribution in [1.82, 2.24) is 10.2 Å². The third-order valence-corrected chi connectivity index (χ3v) is 5.16. The van der Waals surface area contributed by atoms with Crippen LogP contribution in [0, 0.1) is 0 Å². The van der Waals surface area contributed by atoms with E-state index in [-0.39, 0.29) is 18.2 Å². The number of nitrogens with one attached hydrogen (secondary N) is 1. The number of carbonyl (C=O) groups is 2. The number of methoxy groups -OCH3 is 1. The largest absolute Gasteiger partial charge is 0.497 e. The molecule has 2 aromatic carbocycles. The van der Waals surface area contributed by atoms with E-state index in [1.165, 1.54) is 0 Å². The van der Waals surface area contributed by atoms with Crippen LogP contribution >= 0.6 is 0 Å². The molecule has 28 heavy (non-hydrogen) atoms. The normalized spacial score (nSPS) is 20.7. The average Bonchev–Trinajstić information content (AvgIpc) is 2.71. The number of hydrogen-bond donors (Lipinski definition) is 1. The summed E-state index contributed by atoms with van der Waals surface area (Å²) in [6.07, 6.45) is 7.20. The Hall–Kier alpha value is -3.41. The highest BCUT2D eigenvalue weighted by Crippen LogP contribution is 2.28. The Bertz CT molecular complexity index is 1050. The highest BCUT2D eigenvalue weighted by atomic mass is 16.5. The fourth-order valence-electron chi connectivity index (χ4n) is 3.56. The zero-order valence-corrected chi connectivity index (χ0v) is 15.8. The van der Waals surface area contributed by atoms with E-state index in [1.54, 1.807) is 37.3 Å². The Morgan fingerprint density at radius 2 is 2.00 bits per heavy atom. The molecule has 0 radical (unpaired) electrons. The van der Waals surface area contributed by atoms with Gasteiger partial charge in [-0.25, -0.2) is 0 Å². The third kappa shape index (κ3) is 3.17. The van der Waals surface area contributed by atoms with E-state index < -0.39 is 5.54 Å². The number of ether oxygens (including phenoxy) is 1. The zero-order chi connectivity index (χ0) is 19.7. The van der Waals surface area contributed by atoms with Gasteiger partial charge in [0.25, 0.3) is 5.91 Å². The summed E-state index contributed by atoms with van der Waals surface area (Å²) in [5.41, 5.74) is -0.0145. The standard InChI is InChI=1S/C22H21N3O3/c1-22(13-20(26)24-19-5-3-4-10-25(19)22)21(27)23-14-15-6-7-17-12-18(28-2)9-8-16(17)11-15/h3-12H,13-14H2,1-2H3,(H,23,27). The lowest BCUT2D eigenvalue weighted by Gasteiger charge is -2.41. The predicted molar refractivity (Wildman–Crippen MR) is 108 cm³/mol. The predicted octanol–water partition coefficient (Wildman–Crippen LogP) is 2.94. The fourth-order valence-corrected chi connectivity index (χ4v) is 3.56. The molecule has 4 rings (SSSR count). The lowest BCUT2D eigenvalue weighted by Crippen LogP contribution is -2.59. The van der Waals surface area contributed by atoms with Gasteiger partial charge in [0.15, 0.2) is 0 Å². The summed E-state index contributed by atoms with van der Waals surface area (Å²) in [6, 6.07) is 11.9. The SMILES string of the molecule is COc1ccc2cc(CNC(=O)C3(C)CC(=O)N=C4C=CC=CN43)ccc2c1. The summed E-state index contributed by atoms with van der Waals surface area (Å²) in [6.45, 7) is 2.15. The quantitative estimate of drug-likeness (QED) is 0.892. The van der Waals surface area contributed by atoms with Crippen LogP contribution in [0.5, 0.6) is 5.75 Å². The monoisotopic (exact) mass is 375 g/mol. The molecule has 2 aliphatic rings. The van der Waals surface area contributed by atoms with Gasteiger partial charge in [-0.05, 0) is 53.6 Å². The molecule has 6 heteroatoms. The highest BCUT2D eigenvalue weighted by Gasteiger charge is 2.44. The lowest BCUT2D eigenvalue weighted by atomic mass is 9.91. The van der Waals surface area contributed by atoms with E-state index in [9.17, 15) is 9.59 Å². The number of nitrogens with zero attached hydrogens (tertiary/aromatic N) is 2. The van der Waals surface area contributed by atoms with E-state index >= 15 is 0 Å². The summed E-state index contributed by atoms with van der Waals surface area (Å²) in [5, 5.41) is 5.13. The number of benzene rings is 2. The molecule has 1 atom stereocenters. The summed E-state index contributed by atoms with van der Waals surface area (Å²) in [7, 11) is 1.64. The van der Waals surface area contributed by atoms with Crippen LogP contribution in [0.4, 0.5) is 0 Å². The molecule has 0 bridgehead atoms. The number of aliphatic imine (C=N–C) groups is 1. The van der Waals surface area contributed by atoms with Crippen molar-refractivity contribution >= 4 is 28.4 Å². The van der Waals surface area contributed by atoms with Crippen molar-refractivity contribution in [2.75, 3.05) is 7.11 Å². The third-order valence-electron chi connectivity index (χ3n) is 5.16. The number of fused-ring (bicyclic) bond motifs is 2. The first-order chi connectivity index (χ1) is 13.5. The van der Waals surface area contributed by atoms with Crippen LogP contribution in [-0.4, -0.2) is 35.2 Å². The molecular weight excluding hydrogens is 354 g/mol. The first-order valence-corrected chi connectivity index (χ1v) is 9.10. The van der Waals surface area contributed by atoms with Gasteiger partial charge in [0.1, 0.15) is 17.1 Å². The smallest absolute Gasteiger partial charge is 0.250 e. The Morgan fingerprint density at radius 1 is 1.21 bits per heavy atom. The number of amides is 2. The van der Waals surface area contributed by atoms with Gasteiger partial charge in [0, 0.05) is 12.7 Å². The van der Waals surface area contributed by atoms with Crippen LogP contribution < -0.4 is 10.1 Å². The number of rotatable bonds is 4. The second-order valence-corrected chi connectivity index (χ2v) is 7.12. The van der Waals surface area contributed by atoms with Gasteiger partial charge in [-0.3, -0.25) is 9.59 Å². The van der Waals surface area contributed by atoms with Crippen molar-refractivity contribution < 1.29 is 14.3 Å². The van der Waals surface area contributed by atoms with E-state index in [0.717, 1.165) is 22.1 Å². The zero-order valence-electron chi connectivity index (χ0n) is 15.8. The van der Waals surface area contributed by atoms with Crippen molar-refractivity contribution in [2.45, 2.75) is 25.4 Å². The molecule has 2 aliphatic heterocycles. The van der Waals surface area contributed by atoms with E-state index in [1.807, 2.05) is 42.5 Å². The lowest BCUT2D eigenvalue weighted by molar-refractivity contribution is -0.134. The Kier molecular flexibility index (Phi) is 4.47. The van der Waals surface area contributed by atoms with Crippen LogP contribution in [0.25, 0.3) is 10.8 Å². The summed E-state index contributed by atoms with van der Waals surface area (Å²) in [5.74, 6) is 0.812. The summed E-state index contributed by atoms with van der Waals surface area (Å²) < 4.78 is 5.25. The molecule has 0 fully saturated rings. The average molecular weight is 375 g/mol. The maximum atomic E-state index is 13.0. The molecule has 1 unspecified atom stereocenters. The molecule has 2 heterocycles. The van der Waals surface area contributed by atoms with Crippen LogP contribution in [0.2, 0.25) is 0 Å². The maximum absolute atomic E-state index is 13.0.